The molecule has 0 spiro atoms. The minimum Gasteiger partial charge on any atom is -0.386 e. The van der Waals surface area contributed by atoms with Gasteiger partial charge < -0.3 is 24.4 Å². The Labute approximate surface area is 142 Å². The molecular weight excluding hydrogens is 394 g/mol. The quantitative estimate of drug-likeness (QED) is 0.383. The molecule has 142 valence electrons. The normalized spacial score (nSPS) is 31.2. The van der Waals surface area contributed by atoms with Gasteiger partial charge in [0, 0.05) is 12.3 Å². The van der Waals surface area contributed by atoms with Crippen LogP contribution in [0.5, 0.6) is 0 Å². The summed E-state index contributed by atoms with van der Waals surface area (Å²) in [5.74, 6) is 0. The molecule has 1 aliphatic heterocycles. The number of alkyl halides is 3. The summed E-state index contributed by atoms with van der Waals surface area (Å²) in [5, 5.41) is 20.1. The predicted octanol–water partition coefficient (Wildman–Crippen LogP) is -1.07. The molecule has 6 N–H and O–H groups in total. The highest BCUT2D eigenvalue weighted by Gasteiger charge is 2.60. The summed E-state index contributed by atoms with van der Waals surface area (Å²) in [6.07, 6.45) is -4.98. The standard InChI is InChI=1S/C10H13F3N3O7PS/c11-10(12,13)25-9(3-22-24(14)21)6(19)5(18)7(23-9)16-2-1-4(17)15-8(16)20/h1-2,5-7,18-19,21H,3,14H2,(H,15,17,20)/t5-,6+,7-,9+,24?/m1/s1. The molecule has 10 nitrogen and oxygen atoms in total. The highest BCUT2D eigenvalue weighted by Crippen LogP contribution is 2.51. The number of rotatable bonds is 5. The maximum atomic E-state index is 12.9. The first-order valence-corrected chi connectivity index (χ1v) is 8.54. The van der Waals surface area contributed by atoms with E-state index in [1.54, 1.807) is 0 Å². The lowest BCUT2D eigenvalue weighted by atomic mass is 10.1. The Balaban J connectivity index is 2.40. The first kappa shape index (κ1) is 20.3. The zero-order valence-electron chi connectivity index (χ0n) is 12.1. The van der Waals surface area contributed by atoms with E-state index in [2.05, 4.69) is 4.52 Å². The van der Waals surface area contributed by atoms with Gasteiger partial charge in [-0.1, -0.05) is 0 Å². The summed E-state index contributed by atoms with van der Waals surface area (Å²) in [6.45, 7) is -1.03. The van der Waals surface area contributed by atoms with Gasteiger partial charge in [-0.3, -0.25) is 19.8 Å². The number of nitrogens with zero attached hydrogens (tertiary/aromatic N) is 1. The Kier molecular flexibility index (Phi) is 5.95. The van der Waals surface area contributed by atoms with Gasteiger partial charge in [0.2, 0.25) is 8.53 Å². The van der Waals surface area contributed by atoms with Crippen molar-refractivity contribution < 1.29 is 37.5 Å². The van der Waals surface area contributed by atoms with Gasteiger partial charge in [-0.25, -0.2) is 4.79 Å². The second kappa shape index (κ2) is 7.32. The largest absolute Gasteiger partial charge is 0.444 e. The van der Waals surface area contributed by atoms with Crippen LogP contribution in [0, 0.1) is 0 Å². The van der Waals surface area contributed by atoms with Crippen LogP contribution in [0.4, 0.5) is 13.2 Å². The summed E-state index contributed by atoms with van der Waals surface area (Å²) in [7, 11) is -2.57. The van der Waals surface area contributed by atoms with Crippen molar-refractivity contribution in [3.8, 4) is 0 Å². The fraction of sp³-hybridized carbons (Fsp3) is 0.600. The van der Waals surface area contributed by atoms with Crippen molar-refractivity contribution in [2.24, 2.45) is 5.50 Å². The van der Waals surface area contributed by atoms with Crippen molar-refractivity contribution in [3.05, 3.63) is 33.1 Å². The highest BCUT2D eigenvalue weighted by atomic mass is 32.2. The number of nitrogens with two attached hydrogens (primary N) is 1. The van der Waals surface area contributed by atoms with Crippen molar-refractivity contribution >= 4 is 20.3 Å². The molecule has 1 aliphatic rings. The summed E-state index contributed by atoms with van der Waals surface area (Å²) < 4.78 is 48.9. The SMILES string of the molecule is NP(O)OC[C@@]1(SC(F)(F)F)O[C@@H](n2ccc(=O)[nH]c2=O)[C@H](O)[C@@H]1O. The molecule has 1 aromatic rings. The summed E-state index contributed by atoms with van der Waals surface area (Å²) in [5.41, 5.74) is -1.79. The zero-order chi connectivity index (χ0) is 19.0. The lowest BCUT2D eigenvalue weighted by molar-refractivity contribution is -0.0839. The predicted molar refractivity (Wildman–Crippen MR) is 79.1 cm³/mol. The number of aliphatic hydroxyl groups is 2. The molecule has 0 amide bonds. The number of hydrogen-bond acceptors (Lipinski definition) is 9. The molecule has 1 saturated heterocycles. The molecule has 5 atom stereocenters. The molecule has 0 saturated carbocycles. The van der Waals surface area contributed by atoms with Gasteiger partial charge in [-0.15, -0.1) is 0 Å². The van der Waals surface area contributed by atoms with E-state index in [1.165, 1.54) is 0 Å². The second-order valence-corrected chi connectivity index (χ2v) is 7.12. The third-order valence-electron chi connectivity index (χ3n) is 3.20. The Hall–Kier alpha value is -0.990. The molecule has 1 aromatic heterocycles. The molecule has 0 radical (unpaired) electrons. The minimum atomic E-state index is -4.91. The fourth-order valence-electron chi connectivity index (χ4n) is 2.19. The number of halogens is 3. The first-order chi connectivity index (χ1) is 11.4. The van der Waals surface area contributed by atoms with Crippen LogP contribution in [0.25, 0.3) is 0 Å². The number of nitrogens with one attached hydrogen (secondary N) is 1. The number of thioether (sulfide) groups is 1. The van der Waals surface area contributed by atoms with Gasteiger partial charge in [0.15, 0.2) is 11.2 Å². The maximum absolute atomic E-state index is 12.9. The van der Waals surface area contributed by atoms with Crippen LogP contribution in [0.2, 0.25) is 0 Å². The Bertz CT molecular complexity index is 729. The molecular formula is C10H13F3N3O7PS. The second-order valence-electron chi connectivity index (χ2n) is 4.90. The minimum absolute atomic E-state index is 0.609. The Morgan fingerprint density at radius 3 is 2.64 bits per heavy atom. The van der Waals surface area contributed by atoms with E-state index in [0.29, 0.717) is 4.57 Å². The number of H-pyrrole nitrogens is 1. The third kappa shape index (κ3) is 4.60. The van der Waals surface area contributed by atoms with Gasteiger partial charge in [0.1, 0.15) is 12.2 Å². The molecule has 0 aromatic carbocycles. The summed E-state index contributed by atoms with van der Waals surface area (Å²) in [6, 6.07) is 0.879. The monoisotopic (exact) mass is 407 g/mol. The third-order valence-corrected chi connectivity index (χ3v) is 4.62. The van der Waals surface area contributed by atoms with Crippen LogP contribution < -0.4 is 16.8 Å². The average Bonchev–Trinajstić information content (AvgIpc) is 2.69. The number of hydrogen-bond donors (Lipinski definition) is 5. The molecule has 15 heteroatoms. The van der Waals surface area contributed by atoms with E-state index in [-0.39, 0.29) is 0 Å². The van der Waals surface area contributed by atoms with Gasteiger partial charge >= 0.3 is 11.2 Å². The Morgan fingerprint density at radius 2 is 2.12 bits per heavy atom. The van der Waals surface area contributed by atoms with E-state index in [1.807, 2.05) is 4.98 Å². The van der Waals surface area contributed by atoms with Crippen molar-refractivity contribution in [1.29, 1.82) is 0 Å². The molecule has 0 aliphatic carbocycles. The highest BCUT2D eigenvalue weighted by molar-refractivity contribution is 8.01. The molecule has 1 unspecified atom stereocenters. The van der Waals surface area contributed by atoms with Gasteiger partial charge in [0.05, 0.1) is 6.61 Å². The van der Waals surface area contributed by atoms with Crippen molar-refractivity contribution in [2.75, 3.05) is 6.61 Å². The van der Waals surface area contributed by atoms with Crippen LogP contribution in [0.15, 0.2) is 21.9 Å². The van der Waals surface area contributed by atoms with E-state index >= 15 is 0 Å². The van der Waals surface area contributed by atoms with E-state index in [0.717, 1.165) is 12.3 Å². The topological polar surface area (TPSA) is 160 Å². The van der Waals surface area contributed by atoms with E-state index in [9.17, 15) is 33.0 Å². The molecule has 1 fully saturated rings. The van der Waals surface area contributed by atoms with E-state index in [4.69, 9.17) is 15.1 Å². The number of ether oxygens (including phenoxy) is 1. The summed E-state index contributed by atoms with van der Waals surface area (Å²) >= 11 is -0.828. The van der Waals surface area contributed by atoms with Crippen LogP contribution >= 0.6 is 20.3 Å². The zero-order valence-corrected chi connectivity index (χ0v) is 13.8. The maximum Gasteiger partial charge on any atom is 0.444 e. The molecule has 2 rings (SSSR count). The summed E-state index contributed by atoms with van der Waals surface area (Å²) in [4.78, 5) is 31.0. The fourth-order valence-corrected chi connectivity index (χ4v) is 3.52. The van der Waals surface area contributed by atoms with Gasteiger partial charge in [-0.05, 0) is 11.8 Å². The molecule has 0 bridgehead atoms. The Morgan fingerprint density at radius 1 is 1.48 bits per heavy atom. The smallest absolute Gasteiger partial charge is 0.386 e. The van der Waals surface area contributed by atoms with Crippen molar-refractivity contribution in [1.82, 2.24) is 9.55 Å². The molecule has 2 heterocycles. The lowest BCUT2D eigenvalue weighted by Gasteiger charge is -2.31. The van der Waals surface area contributed by atoms with Crippen molar-refractivity contribution in [2.45, 2.75) is 28.9 Å². The molecule has 25 heavy (non-hydrogen) atoms. The lowest BCUT2D eigenvalue weighted by Crippen LogP contribution is -2.45. The average molecular weight is 407 g/mol. The number of aromatic amines is 1. The number of aromatic nitrogens is 2. The van der Waals surface area contributed by atoms with Crippen LogP contribution in [-0.2, 0) is 9.26 Å². The first-order valence-electron chi connectivity index (χ1n) is 6.44. The van der Waals surface area contributed by atoms with Crippen LogP contribution in [-0.4, -0.2) is 53.9 Å². The van der Waals surface area contributed by atoms with Crippen LogP contribution in [0.1, 0.15) is 6.23 Å². The van der Waals surface area contributed by atoms with Gasteiger partial charge in [0.25, 0.3) is 5.56 Å². The van der Waals surface area contributed by atoms with Crippen molar-refractivity contribution in [3.63, 3.8) is 0 Å². The van der Waals surface area contributed by atoms with E-state index < -0.39 is 67.0 Å². The number of aliphatic hydroxyl groups excluding tert-OH is 2. The van der Waals surface area contributed by atoms with Crippen LogP contribution in [0.3, 0.4) is 0 Å². The van der Waals surface area contributed by atoms with Gasteiger partial charge in [-0.2, -0.15) is 13.2 Å².